The fourth-order valence-corrected chi connectivity index (χ4v) is 0.570. The lowest BCUT2D eigenvalue weighted by Crippen LogP contribution is -2.20. The summed E-state index contributed by atoms with van der Waals surface area (Å²) in [4.78, 5) is 0. The molecule has 0 aromatic carbocycles. The summed E-state index contributed by atoms with van der Waals surface area (Å²) in [6.07, 6.45) is 1.46. The zero-order chi connectivity index (χ0) is 6.91. The van der Waals surface area contributed by atoms with Gasteiger partial charge in [0.2, 0.25) is 5.79 Å². The van der Waals surface area contributed by atoms with Crippen LogP contribution in [0.3, 0.4) is 0 Å². The highest BCUT2D eigenvalue weighted by atomic mass is 16.8. The Kier molecular flexibility index (Phi) is 1.27. The molecule has 0 fully saturated rings. The van der Waals surface area contributed by atoms with Gasteiger partial charge in [-0.2, -0.15) is 0 Å². The lowest BCUT2D eigenvalue weighted by molar-refractivity contribution is -0.138. The van der Waals surface area contributed by atoms with Crippen molar-refractivity contribution < 1.29 is 14.2 Å². The van der Waals surface area contributed by atoms with Crippen LogP contribution < -0.4 is 0 Å². The Morgan fingerprint density at radius 2 is 2.22 bits per heavy atom. The van der Waals surface area contributed by atoms with Gasteiger partial charge in [-0.1, -0.05) is 0 Å². The van der Waals surface area contributed by atoms with Gasteiger partial charge in [-0.05, 0) is 0 Å². The van der Waals surface area contributed by atoms with Gasteiger partial charge in [0.15, 0.2) is 6.26 Å². The maximum Gasteiger partial charge on any atom is 0.318 e. The zero-order valence-corrected chi connectivity index (χ0v) is 5.80. The molecule has 0 atom stereocenters. The minimum atomic E-state index is -0.550. The van der Waals surface area contributed by atoms with Crippen molar-refractivity contribution in [1.82, 2.24) is 0 Å². The highest BCUT2D eigenvalue weighted by Gasteiger charge is 2.27. The molecule has 1 heterocycles. The minimum absolute atomic E-state index is 0.431. The second-order valence-electron chi connectivity index (χ2n) is 2.26. The third-order valence-corrected chi connectivity index (χ3v) is 0.987. The summed E-state index contributed by atoms with van der Waals surface area (Å²) in [5.74, 6) is -0.120. The van der Waals surface area contributed by atoms with E-state index in [0.29, 0.717) is 5.95 Å². The van der Waals surface area contributed by atoms with Crippen molar-refractivity contribution in [2.75, 3.05) is 7.11 Å². The Bertz CT molecular complexity index is 137. The van der Waals surface area contributed by atoms with Crippen LogP contribution in [-0.2, 0) is 14.2 Å². The summed E-state index contributed by atoms with van der Waals surface area (Å²) < 4.78 is 14.9. The zero-order valence-electron chi connectivity index (χ0n) is 5.80. The lowest BCUT2D eigenvalue weighted by atomic mass is 10.4. The third-order valence-electron chi connectivity index (χ3n) is 0.987. The van der Waals surface area contributed by atoms with E-state index in [-0.39, 0.29) is 0 Å². The fraction of sp³-hybridized carbons (Fsp3) is 0.667. The first-order valence-electron chi connectivity index (χ1n) is 2.75. The number of hydrogen-bond donors (Lipinski definition) is 0. The van der Waals surface area contributed by atoms with Crippen molar-refractivity contribution in [1.29, 1.82) is 0 Å². The number of ether oxygens (including phenoxy) is 3. The summed E-state index contributed by atoms with van der Waals surface area (Å²) in [6, 6.07) is 0. The molecule has 52 valence electrons. The SMILES string of the molecule is COC1=COC(C)(C)O1. The first-order valence-corrected chi connectivity index (χ1v) is 2.75. The first-order chi connectivity index (χ1) is 4.14. The van der Waals surface area contributed by atoms with Crippen molar-refractivity contribution in [3.05, 3.63) is 12.2 Å². The molecule has 0 unspecified atom stereocenters. The standard InChI is InChI=1S/C6H10O3/c1-6(2)8-4-5(7-3)9-6/h4H,1-3H3. The van der Waals surface area contributed by atoms with Crippen LogP contribution in [0.2, 0.25) is 0 Å². The van der Waals surface area contributed by atoms with Crippen LogP contribution >= 0.6 is 0 Å². The molecule has 0 radical (unpaired) electrons. The molecule has 3 nitrogen and oxygen atoms in total. The Morgan fingerprint density at radius 1 is 1.56 bits per heavy atom. The van der Waals surface area contributed by atoms with E-state index in [1.807, 2.05) is 13.8 Å². The maximum atomic E-state index is 5.11. The smallest absolute Gasteiger partial charge is 0.318 e. The van der Waals surface area contributed by atoms with Gasteiger partial charge in [0, 0.05) is 13.8 Å². The van der Waals surface area contributed by atoms with E-state index >= 15 is 0 Å². The van der Waals surface area contributed by atoms with Gasteiger partial charge in [-0.3, -0.25) is 0 Å². The van der Waals surface area contributed by atoms with Crippen LogP contribution in [0, 0.1) is 0 Å². The Morgan fingerprint density at radius 3 is 2.44 bits per heavy atom. The van der Waals surface area contributed by atoms with Gasteiger partial charge in [-0.15, -0.1) is 0 Å². The molecule has 1 rings (SSSR count). The van der Waals surface area contributed by atoms with Crippen LogP contribution in [0.5, 0.6) is 0 Å². The molecule has 3 heteroatoms. The first kappa shape index (κ1) is 6.26. The van der Waals surface area contributed by atoms with Crippen LogP contribution in [0.25, 0.3) is 0 Å². The van der Waals surface area contributed by atoms with E-state index in [9.17, 15) is 0 Å². The highest BCUT2D eigenvalue weighted by Crippen LogP contribution is 2.23. The molecule has 1 aliphatic rings. The fourth-order valence-electron chi connectivity index (χ4n) is 0.570. The quantitative estimate of drug-likeness (QED) is 0.534. The lowest BCUT2D eigenvalue weighted by Gasteiger charge is -2.16. The molecule has 9 heavy (non-hydrogen) atoms. The van der Waals surface area contributed by atoms with Gasteiger partial charge < -0.3 is 14.2 Å². The number of hydrogen-bond acceptors (Lipinski definition) is 3. The molecule has 0 saturated carbocycles. The summed E-state index contributed by atoms with van der Waals surface area (Å²) in [5.41, 5.74) is 0. The Balaban J connectivity index is 2.50. The summed E-state index contributed by atoms with van der Waals surface area (Å²) in [7, 11) is 1.54. The van der Waals surface area contributed by atoms with Crippen molar-refractivity contribution in [2.24, 2.45) is 0 Å². The normalized spacial score (nSPS) is 21.9. The summed E-state index contributed by atoms with van der Waals surface area (Å²) in [5, 5.41) is 0. The molecule has 0 spiro atoms. The highest BCUT2D eigenvalue weighted by molar-refractivity contribution is 4.85. The summed E-state index contributed by atoms with van der Waals surface area (Å²) in [6.45, 7) is 3.63. The third kappa shape index (κ3) is 1.28. The van der Waals surface area contributed by atoms with E-state index in [0.717, 1.165) is 0 Å². The van der Waals surface area contributed by atoms with Crippen molar-refractivity contribution in [3.8, 4) is 0 Å². The molecule has 0 amide bonds. The predicted molar refractivity (Wildman–Crippen MR) is 31.3 cm³/mol. The van der Waals surface area contributed by atoms with Gasteiger partial charge in [-0.25, -0.2) is 0 Å². The molecule has 0 N–H and O–H groups in total. The second-order valence-corrected chi connectivity index (χ2v) is 2.26. The molecule has 0 aliphatic carbocycles. The van der Waals surface area contributed by atoms with E-state index < -0.39 is 5.79 Å². The van der Waals surface area contributed by atoms with E-state index in [1.165, 1.54) is 13.4 Å². The molecule has 0 aromatic rings. The molecular weight excluding hydrogens is 120 g/mol. The monoisotopic (exact) mass is 130 g/mol. The van der Waals surface area contributed by atoms with Gasteiger partial charge >= 0.3 is 5.95 Å². The number of rotatable bonds is 1. The molecule has 0 bridgehead atoms. The average molecular weight is 130 g/mol. The van der Waals surface area contributed by atoms with Crippen molar-refractivity contribution in [3.63, 3.8) is 0 Å². The van der Waals surface area contributed by atoms with Crippen LogP contribution in [0.4, 0.5) is 0 Å². The van der Waals surface area contributed by atoms with Gasteiger partial charge in [0.05, 0.1) is 7.11 Å². The second kappa shape index (κ2) is 1.83. The predicted octanol–water partition coefficient (Wildman–Crippen LogP) is 1.21. The number of methoxy groups -OCH3 is 1. The Hall–Kier alpha value is -0.860. The molecule has 0 saturated heterocycles. The summed E-state index contributed by atoms with van der Waals surface area (Å²) >= 11 is 0. The maximum absolute atomic E-state index is 5.11. The van der Waals surface area contributed by atoms with Crippen molar-refractivity contribution in [2.45, 2.75) is 19.6 Å². The van der Waals surface area contributed by atoms with Crippen LogP contribution in [0.15, 0.2) is 12.2 Å². The molecular formula is C6H10O3. The van der Waals surface area contributed by atoms with E-state index in [1.54, 1.807) is 0 Å². The van der Waals surface area contributed by atoms with E-state index in [2.05, 4.69) is 0 Å². The van der Waals surface area contributed by atoms with Crippen molar-refractivity contribution >= 4 is 0 Å². The van der Waals surface area contributed by atoms with Crippen LogP contribution in [-0.4, -0.2) is 12.9 Å². The largest absolute Gasteiger partial charge is 0.466 e. The molecule has 0 aromatic heterocycles. The van der Waals surface area contributed by atoms with Gasteiger partial charge in [0.25, 0.3) is 0 Å². The minimum Gasteiger partial charge on any atom is -0.466 e. The topological polar surface area (TPSA) is 27.7 Å². The molecule has 1 aliphatic heterocycles. The van der Waals surface area contributed by atoms with E-state index in [4.69, 9.17) is 14.2 Å². The van der Waals surface area contributed by atoms with Gasteiger partial charge in [0.1, 0.15) is 0 Å². The van der Waals surface area contributed by atoms with Crippen LogP contribution in [0.1, 0.15) is 13.8 Å². The Labute approximate surface area is 54.2 Å². The average Bonchev–Trinajstić information content (AvgIpc) is 2.10.